The first-order valence-corrected chi connectivity index (χ1v) is 9.65. The van der Waals surface area contributed by atoms with E-state index in [-0.39, 0.29) is 11.9 Å². The van der Waals surface area contributed by atoms with Crippen molar-refractivity contribution < 1.29 is 14.8 Å². The van der Waals surface area contributed by atoms with Gasteiger partial charge in [0.25, 0.3) is 0 Å². The fraction of sp³-hybridized carbons (Fsp3) is 0.350. The Balaban J connectivity index is 1.56. The van der Waals surface area contributed by atoms with E-state index in [4.69, 9.17) is 4.74 Å². The Labute approximate surface area is 153 Å². The van der Waals surface area contributed by atoms with Crippen molar-refractivity contribution in [2.45, 2.75) is 36.7 Å². The first-order chi connectivity index (χ1) is 12.2. The summed E-state index contributed by atoms with van der Waals surface area (Å²) in [7, 11) is 1.62. The van der Waals surface area contributed by atoms with Crippen molar-refractivity contribution in [1.82, 2.24) is 0 Å². The summed E-state index contributed by atoms with van der Waals surface area (Å²) in [5.74, 6) is 1.92. The lowest BCUT2D eigenvalue weighted by molar-refractivity contribution is -0.724. The topological polar surface area (TPSA) is 54.9 Å². The van der Waals surface area contributed by atoms with E-state index in [1.807, 2.05) is 36.0 Å². The molecule has 2 atom stereocenters. The van der Waals surface area contributed by atoms with E-state index >= 15 is 0 Å². The van der Waals surface area contributed by atoms with Gasteiger partial charge in [-0.25, -0.2) is 0 Å². The van der Waals surface area contributed by atoms with Crippen molar-refractivity contribution in [3.63, 3.8) is 0 Å². The summed E-state index contributed by atoms with van der Waals surface area (Å²) in [6.07, 6.45) is 1.63. The molecule has 25 heavy (non-hydrogen) atoms. The van der Waals surface area contributed by atoms with Crippen LogP contribution in [0.4, 0.5) is 5.69 Å². The molecular weight excluding hydrogens is 332 g/mol. The Morgan fingerprint density at radius 3 is 3.00 bits per heavy atom. The van der Waals surface area contributed by atoms with Crippen LogP contribution >= 0.6 is 11.8 Å². The maximum absolute atomic E-state index is 12.3. The van der Waals surface area contributed by atoms with Gasteiger partial charge in [-0.1, -0.05) is 24.3 Å². The van der Waals surface area contributed by atoms with Crippen LogP contribution in [0.1, 0.15) is 31.4 Å². The van der Waals surface area contributed by atoms with Crippen LogP contribution in [0.2, 0.25) is 0 Å². The third-order valence-electron chi connectivity index (χ3n) is 4.43. The number of ether oxygens (including phenoxy) is 1. The lowest BCUT2D eigenvalue weighted by Gasteiger charge is -2.25. The summed E-state index contributed by atoms with van der Waals surface area (Å²) in [6.45, 7) is 2.12. The van der Waals surface area contributed by atoms with Crippen LogP contribution in [0.3, 0.4) is 0 Å². The highest BCUT2D eigenvalue weighted by Gasteiger charge is 2.25. The zero-order chi connectivity index (χ0) is 17.6. The normalized spacial score (nSPS) is 17.4. The first kappa shape index (κ1) is 17.8. The van der Waals surface area contributed by atoms with Crippen molar-refractivity contribution in [1.29, 1.82) is 0 Å². The highest BCUT2D eigenvalue weighted by molar-refractivity contribution is 7.99. The molecule has 2 aromatic rings. The van der Waals surface area contributed by atoms with E-state index in [0.717, 1.165) is 23.6 Å². The van der Waals surface area contributed by atoms with Gasteiger partial charge in [0.1, 0.15) is 11.8 Å². The molecule has 0 radical (unpaired) electrons. The molecule has 1 amide bonds. The van der Waals surface area contributed by atoms with E-state index in [1.54, 1.807) is 7.11 Å². The van der Waals surface area contributed by atoms with Gasteiger partial charge in [-0.3, -0.25) is 4.79 Å². The number of thioether (sulfide) groups is 1. The first-order valence-electron chi connectivity index (χ1n) is 8.66. The summed E-state index contributed by atoms with van der Waals surface area (Å²) < 4.78 is 5.19. The van der Waals surface area contributed by atoms with Crippen molar-refractivity contribution in [2.75, 3.05) is 18.2 Å². The van der Waals surface area contributed by atoms with Crippen LogP contribution in [0.15, 0.2) is 53.4 Å². The summed E-state index contributed by atoms with van der Waals surface area (Å²) in [5, 5.41) is 5.30. The minimum Gasteiger partial charge on any atom is -0.497 e. The summed E-state index contributed by atoms with van der Waals surface area (Å²) >= 11 is 1.93. The largest absolute Gasteiger partial charge is 0.497 e. The average Bonchev–Trinajstić information content (AvgIpc) is 2.62. The minimum absolute atomic E-state index is 0.0375. The molecule has 3 N–H and O–H groups in total. The van der Waals surface area contributed by atoms with Crippen LogP contribution in [0, 0.1) is 0 Å². The number of anilines is 1. The number of benzene rings is 2. The van der Waals surface area contributed by atoms with Gasteiger partial charge in [0.15, 0.2) is 0 Å². The molecule has 0 unspecified atom stereocenters. The van der Waals surface area contributed by atoms with E-state index in [0.29, 0.717) is 12.5 Å². The van der Waals surface area contributed by atoms with Crippen molar-refractivity contribution in [3.05, 3.63) is 54.1 Å². The minimum atomic E-state index is 0.0375. The van der Waals surface area contributed by atoms with Crippen LogP contribution in [-0.2, 0) is 4.79 Å². The van der Waals surface area contributed by atoms with Crippen LogP contribution in [-0.4, -0.2) is 24.8 Å². The maximum Gasteiger partial charge on any atom is 0.230 e. The van der Waals surface area contributed by atoms with Gasteiger partial charge in [0, 0.05) is 34.4 Å². The van der Waals surface area contributed by atoms with Gasteiger partial charge < -0.3 is 15.4 Å². The molecule has 4 nitrogen and oxygen atoms in total. The van der Waals surface area contributed by atoms with Crippen molar-refractivity contribution in [3.8, 4) is 5.75 Å². The number of amides is 1. The van der Waals surface area contributed by atoms with E-state index < -0.39 is 0 Å². The number of methoxy groups -OCH3 is 1. The molecule has 0 aliphatic carbocycles. The molecule has 1 heterocycles. The average molecular weight is 357 g/mol. The highest BCUT2D eigenvalue weighted by Crippen LogP contribution is 2.33. The molecule has 2 aromatic carbocycles. The third kappa shape index (κ3) is 4.77. The SMILES string of the molecule is COc1cccc(NC(=O)C[C@@H](C)[NH2+][C@H]2CCSc3ccccc32)c1. The van der Waals surface area contributed by atoms with Crippen LogP contribution in [0.5, 0.6) is 5.75 Å². The van der Waals surface area contributed by atoms with Gasteiger partial charge in [0.2, 0.25) is 5.91 Å². The van der Waals surface area contributed by atoms with Crippen molar-refractivity contribution >= 4 is 23.4 Å². The second-order valence-corrected chi connectivity index (χ2v) is 7.57. The number of hydrogen-bond donors (Lipinski definition) is 2. The van der Waals surface area contributed by atoms with Gasteiger partial charge in [-0.2, -0.15) is 0 Å². The molecule has 5 heteroatoms. The quantitative estimate of drug-likeness (QED) is 0.835. The molecule has 0 fully saturated rings. The predicted molar refractivity (Wildman–Crippen MR) is 102 cm³/mol. The molecule has 0 spiro atoms. The molecule has 0 saturated heterocycles. The third-order valence-corrected chi connectivity index (χ3v) is 5.55. The number of carbonyl (C=O) groups excluding carboxylic acids is 1. The molecule has 3 rings (SSSR count). The predicted octanol–water partition coefficient (Wildman–Crippen LogP) is 3.21. The van der Waals surface area contributed by atoms with Gasteiger partial charge in [0.05, 0.1) is 19.6 Å². The zero-order valence-electron chi connectivity index (χ0n) is 14.7. The monoisotopic (exact) mass is 357 g/mol. The summed E-state index contributed by atoms with van der Waals surface area (Å²) in [5.41, 5.74) is 2.18. The Bertz CT molecular complexity index is 735. The second-order valence-electron chi connectivity index (χ2n) is 6.44. The molecular formula is C20H25N2O2S+. The fourth-order valence-corrected chi connectivity index (χ4v) is 4.39. The Hall–Kier alpha value is -1.98. The molecule has 0 saturated carbocycles. The molecule has 1 aliphatic heterocycles. The molecule has 1 aliphatic rings. The molecule has 132 valence electrons. The van der Waals surface area contributed by atoms with E-state index in [9.17, 15) is 4.79 Å². The maximum atomic E-state index is 12.3. The van der Waals surface area contributed by atoms with E-state index in [2.05, 4.69) is 41.8 Å². The lowest BCUT2D eigenvalue weighted by Crippen LogP contribution is -2.90. The number of nitrogens with two attached hydrogens (primary N) is 1. The Morgan fingerprint density at radius 1 is 1.32 bits per heavy atom. The standard InChI is InChI=1S/C20H24N2O2S/c1-14(12-20(23)22-15-6-5-7-16(13-15)24-2)21-18-10-11-25-19-9-4-3-8-17(18)19/h3-9,13-14,18,21H,10-12H2,1-2H3,(H,22,23)/p+1/t14-,18+/m1/s1. The Morgan fingerprint density at radius 2 is 2.16 bits per heavy atom. The van der Waals surface area contributed by atoms with E-state index in [1.165, 1.54) is 10.5 Å². The smallest absolute Gasteiger partial charge is 0.230 e. The number of quaternary nitrogens is 1. The second kappa shape index (κ2) is 8.41. The van der Waals surface area contributed by atoms with Crippen LogP contribution in [0.25, 0.3) is 0 Å². The summed E-state index contributed by atoms with van der Waals surface area (Å²) in [6, 6.07) is 16.7. The zero-order valence-corrected chi connectivity index (χ0v) is 15.5. The fourth-order valence-electron chi connectivity index (χ4n) is 3.24. The van der Waals surface area contributed by atoms with Gasteiger partial charge in [-0.05, 0) is 25.1 Å². The molecule has 0 aromatic heterocycles. The van der Waals surface area contributed by atoms with Gasteiger partial charge in [-0.15, -0.1) is 11.8 Å². The Kier molecular flexibility index (Phi) is 6.00. The number of hydrogen-bond acceptors (Lipinski definition) is 3. The highest BCUT2D eigenvalue weighted by atomic mass is 32.2. The number of fused-ring (bicyclic) bond motifs is 1. The summed E-state index contributed by atoms with van der Waals surface area (Å²) in [4.78, 5) is 13.7. The van der Waals surface area contributed by atoms with Crippen LogP contribution < -0.4 is 15.4 Å². The number of nitrogens with one attached hydrogen (secondary N) is 1. The van der Waals surface area contributed by atoms with Crippen molar-refractivity contribution in [2.24, 2.45) is 0 Å². The number of rotatable bonds is 6. The number of carbonyl (C=O) groups is 1. The molecule has 0 bridgehead atoms. The van der Waals surface area contributed by atoms with Gasteiger partial charge >= 0.3 is 0 Å². The lowest BCUT2D eigenvalue weighted by atomic mass is 10.0.